The Morgan fingerprint density at radius 1 is 1.16 bits per heavy atom. The highest BCUT2D eigenvalue weighted by molar-refractivity contribution is 5.80. The summed E-state index contributed by atoms with van der Waals surface area (Å²) in [6, 6.07) is 0.106. The Hall–Kier alpha value is -1.79. The van der Waals surface area contributed by atoms with Crippen LogP contribution in [0.4, 0.5) is 23.2 Å². The number of amides is 1. The Labute approximate surface area is 108 Å². The van der Waals surface area contributed by atoms with Crippen LogP contribution in [-0.4, -0.2) is 19.0 Å². The van der Waals surface area contributed by atoms with Crippen LogP contribution >= 0.6 is 0 Å². The zero-order chi connectivity index (χ0) is 14.6. The van der Waals surface area contributed by atoms with E-state index in [4.69, 9.17) is 0 Å². The molecule has 0 saturated heterocycles. The number of nitrogens with one attached hydrogen (secondary N) is 2. The average molecular weight is 278 g/mol. The van der Waals surface area contributed by atoms with Gasteiger partial charge in [-0.25, -0.2) is 17.6 Å². The van der Waals surface area contributed by atoms with Gasteiger partial charge < -0.3 is 10.6 Å². The minimum Gasteiger partial charge on any atom is -0.371 e. The molecule has 0 aromatic heterocycles. The lowest BCUT2D eigenvalue weighted by Crippen LogP contribution is -2.32. The van der Waals surface area contributed by atoms with Crippen LogP contribution in [0.1, 0.15) is 13.8 Å². The number of carbonyl (C=O) groups excluding carboxylic acids is 1. The van der Waals surface area contributed by atoms with Gasteiger partial charge in [-0.1, -0.05) is 13.8 Å². The molecule has 0 aliphatic heterocycles. The van der Waals surface area contributed by atoms with Crippen LogP contribution in [0.5, 0.6) is 0 Å². The minimum atomic E-state index is -1.56. The average Bonchev–Trinajstić information content (AvgIpc) is 2.34. The molecule has 106 valence electrons. The lowest BCUT2D eigenvalue weighted by molar-refractivity contribution is -0.119. The molecule has 0 heterocycles. The van der Waals surface area contributed by atoms with Crippen molar-refractivity contribution in [2.45, 2.75) is 13.8 Å². The monoisotopic (exact) mass is 278 g/mol. The summed E-state index contributed by atoms with van der Waals surface area (Å²) in [5, 5.41) is 4.53. The smallest absolute Gasteiger partial charge is 0.239 e. The van der Waals surface area contributed by atoms with E-state index in [1.165, 1.54) is 0 Å². The third-order valence-corrected chi connectivity index (χ3v) is 2.24. The first-order valence-corrected chi connectivity index (χ1v) is 5.66. The molecule has 0 aliphatic rings. The van der Waals surface area contributed by atoms with E-state index in [1.807, 2.05) is 19.2 Å². The number of rotatable bonds is 5. The molecule has 0 saturated carbocycles. The van der Waals surface area contributed by atoms with E-state index in [-0.39, 0.29) is 12.0 Å². The maximum atomic E-state index is 13.2. The van der Waals surface area contributed by atoms with E-state index in [0.717, 1.165) is 0 Å². The van der Waals surface area contributed by atoms with Crippen molar-refractivity contribution in [3.05, 3.63) is 29.3 Å². The van der Waals surface area contributed by atoms with Crippen molar-refractivity contribution >= 4 is 11.6 Å². The quantitative estimate of drug-likeness (QED) is 0.641. The predicted octanol–water partition coefficient (Wildman–Crippen LogP) is 2.43. The summed E-state index contributed by atoms with van der Waals surface area (Å²) in [6.07, 6.45) is 0. The molecule has 7 heteroatoms. The van der Waals surface area contributed by atoms with Crippen LogP contribution in [0.15, 0.2) is 6.07 Å². The molecule has 1 aromatic rings. The van der Waals surface area contributed by atoms with Crippen LogP contribution in [0.3, 0.4) is 0 Å². The molecule has 0 spiro atoms. The number of anilines is 1. The molecule has 1 rings (SSSR count). The highest BCUT2D eigenvalue weighted by Gasteiger charge is 2.19. The van der Waals surface area contributed by atoms with Gasteiger partial charge in [-0.05, 0) is 5.92 Å². The highest BCUT2D eigenvalue weighted by Crippen LogP contribution is 2.23. The summed E-state index contributed by atoms with van der Waals surface area (Å²) < 4.78 is 52.2. The van der Waals surface area contributed by atoms with Gasteiger partial charge in [-0.2, -0.15) is 0 Å². The summed E-state index contributed by atoms with van der Waals surface area (Å²) >= 11 is 0. The van der Waals surface area contributed by atoms with E-state index >= 15 is 0 Å². The molecule has 0 radical (unpaired) electrons. The fourth-order valence-electron chi connectivity index (χ4n) is 1.28. The summed E-state index contributed by atoms with van der Waals surface area (Å²) in [5.41, 5.74) is -0.989. The van der Waals surface area contributed by atoms with Gasteiger partial charge in [-0.3, -0.25) is 4.79 Å². The number of hydrogen-bond donors (Lipinski definition) is 2. The molecule has 1 amide bonds. The fourth-order valence-corrected chi connectivity index (χ4v) is 1.28. The zero-order valence-corrected chi connectivity index (χ0v) is 10.5. The van der Waals surface area contributed by atoms with Crippen LogP contribution in [0, 0.1) is 29.2 Å². The van der Waals surface area contributed by atoms with Gasteiger partial charge in [0.05, 0.1) is 6.54 Å². The Balaban J connectivity index is 2.70. The topological polar surface area (TPSA) is 41.1 Å². The molecule has 1 aromatic carbocycles. The van der Waals surface area contributed by atoms with Gasteiger partial charge in [0.2, 0.25) is 5.91 Å². The van der Waals surface area contributed by atoms with Gasteiger partial charge in [0.1, 0.15) is 5.69 Å². The van der Waals surface area contributed by atoms with E-state index in [2.05, 4.69) is 5.32 Å². The van der Waals surface area contributed by atoms with Gasteiger partial charge in [0, 0.05) is 12.6 Å². The maximum Gasteiger partial charge on any atom is 0.239 e. The number of benzene rings is 1. The molecule has 0 aliphatic carbocycles. The summed E-state index contributed by atoms with van der Waals surface area (Å²) in [6.45, 7) is 3.65. The first-order chi connectivity index (χ1) is 8.82. The molecule has 19 heavy (non-hydrogen) atoms. The second-order valence-electron chi connectivity index (χ2n) is 4.39. The Kier molecular flexibility index (Phi) is 5.14. The van der Waals surface area contributed by atoms with Crippen molar-refractivity contribution in [2.24, 2.45) is 5.92 Å². The molecule has 0 unspecified atom stereocenters. The van der Waals surface area contributed by atoms with Crippen LogP contribution in [0.2, 0.25) is 0 Å². The van der Waals surface area contributed by atoms with Gasteiger partial charge in [-0.15, -0.1) is 0 Å². The molecule has 0 atom stereocenters. The highest BCUT2D eigenvalue weighted by atomic mass is 19.2. The summed E-state index contributed by atoms with van der Waals surface area (Å²) in [7, 11) is 0. The van der Waals surface area contributed by atoms with E-state index in [0.29, 0.717) is 6.54 Å². The standard InChI is InChI=1S/C12H14F4N2O/c1-6(2)4-17-9(19)5-18-12-10(15)7(13)3-8(14)11(12)16/h3,6,18H,4-5H2,1-2H3,(H,17,19). The Morgan fingerprint density at radius 2 is 1.68 bits per heavy atom. The van der Waals surface area contributed by atoms with Gasteiger partial charge in [0.15, 0.2) is 23.3 Å². The molecular formula is C12H14F4N2O. The molecule has 0 bridgehead atoms. The minimum absolute atomic E-state index is 0.106. The summed E-state index contributed by atoms with van der Waals surface area (Å²) in [4.78, 5) is 11.3. The lowest BCUT2D eigenvalue weighted by Gasteiger charge is -2.11. The maximum absolute atomic E-state index is 13.2. The third kappa shape index (κ3) is 4.11. The zero-order valence-electron chi connectivity index (χ0n) is 10.5. The van der Waals surface area contributed by atoms with E-state index in [9.17, 15) is 22.4 Å². The van der Waals surface area contributed by atoms with Crippen LogP contribution in [0.25, 0.3) is 0 Å². The molecule has 2 N–H and O–H groups in total. The van der Waals surface area contributed by atoms with Crippen molar-refractivity contribution in [3.63, 3.8) is 0 Å². The molecule has 3 nitrogen and oxygen atoms in total. The van der Waals surface area contributed by atoms with Crippen LogP contribution < -0.4 is 10.6 Å². The van der Waals surface area contributed by atoms with E-state index in [1.54, 1.807) is 0 Å². The molecular weight excluding hydrogens is 264 g/mol. The second kappa shape index (κ2) is 6.40. The normalized spacial score (nSPS) is 10.7. The van der Waals surface area contributed by atoms with Crippen LogP contribution in [-0.2, 0) is 4.79 Å². The Bertz CT molecular complexity index is 451. The largest absolute Gasteiger partial charge is 0.371 e. The first-order valence-electron chi connectivity index (χ1n) is 5.66. The second-order valence-corrected chi connectivity index (χ2v) is 4.39. The molecule has 0 fully saturated rings. The van der Waals surface area contributed by atoms with Crippen molar-refractivity contribution in [3.8, 4) is 0 Å². The first kappa shape index (κ1) is 15.3. The van der Waals surface area contributed by atoms with Crippen molar-refractivity contribution in [1.29, 1.82) is 0 Å². The Morgan fingerprint density at radius 3 is 2.16 bits per heavy atom. The number of hydrogen-bond acceptors (Lipinski definition) is 2. The predicted molar refractivity (Wildman–Crippen MR) is 62.6 cm³/mol. The van der Waals surface area contributed by atoms with E-state index < -0.39 is 41.4 Å². The number of halogens is 4. The van der Waals surface area contributed by atoms with Gasteiger partial charge >= 0.3 is 0 Å². The third-order valence-electron chi connectivity index (χ3n) is 2.24. The van der Waals surface area contributed by atoms with Gasteiger partial charge in [0.25, 0.3) is 0 Å². The fraction of sp³-hybridized carbons (Fsp3) is 0.417. The van der Waals surface area contributed by atoms with Crippen molar-refractivity contribution in [1.82, 2.24) is 5.32 Å². The SMILES string of the molecule is CC(C)CNC(=O)CNc1c(F)c(F)cc(F)c1F. The van der Waals surface area contributed by atoms with Crippen molar-refractivity contribution < 1.29 is 22.4 Å². The summed E-state index contributed by atoms with van der Waals surface area (Å²) in [5.74, 6) is -6.49. The number of carbonyl (C=O) groups is 1. The van der Waals surface area contributed by atoms with Crippen molar-refractivity contribution in [2.75, 3.05) is 18.4 Å². The lowest BCUT2D eigenvalue weighted by atomic mass is 10.2.